The second-order valence-electron chi connectivity index (χ2n) is 4.37. The van der Waals surface area contributed by atoms with Crippen LogP contribution in [0.3, 0.4) is 0 Å². The molecule has 3 heteroatoms. The van der Waals surface area contributed by atoms with Gasteiger partial charge in [-0.25, -0.2) is 0 Å². The van der Waals surface area contributed by atoms with Crippen molar-refractivity contribution in [1.29, 1.82) is 0 Å². The van der Waals surface area contributed by atoms with Crippen LogP contribution in [0.1, 0.15) is 34.5 Å². The van der Waals surface area contributed by atoms with E-state index in [0.717, 1.165) is 41.1 Å². The van der Waals surface area contributed by atoms with Gasteiger partial charge in [0, 0.05) is 36.4 Å². The molecule has 0 unspecified atom stereocenters. The minimum atomic E-state index is 0.216. The van der Waals surface area contributed by atoms with E-state index in [1.54, 1.807) is 12.4 Å². The third-order valence-electron chi connectivity index (χ3n) is 3.25. The molecule has 2 aromatic rings. The van der Waals surface area contributed by atoms with Crippen LogP contribution in [0.15, 0.2) is 28.9 Å². The summed E-state index contributed by atoms with van der Waals surface area (Å²) in [6, 6.07) is 3.81. The van der Waals surface area contributed by atoms with Gasteiger partial charge in [0.25, 0.3) is 0 Å². The van der Waals surface area contributed by atoms with Crippen molar-refractivity contribution in [1.82, 2.24) is 4.98 Å². The molecule has 0 bridgehead atoms. The maximum absolute atomic E-state index is 11.9. The molecule has 2 aromatic heterocycles. The van der Waals surface area contributed by atoms with E-state index in [0.29, 0.717) is 6.42 Å². The van der Waals surface area contributed by atoms with Crippen molar-refractivity contribution < 1.29 is 9.21 Å². The predicted octanol–water partition coefficient (Wildman–Crippen LogP) is 3.17. The van der Waals surface area contributed by atoms with Crippen LogP contribution in [-0.2, 0) is 6.42 Å². The predicted molar refractivity (Wildman–Crippen MR) is 63.9 cm³/mol. The number of hydrogen-bond donors (Lipinski definition) is 0. The molecule has 0 N–H and O–H groups in total. The number of furan rings is 1. The summed E-state index contributed by atoms with van der Waals surface area (Å²) < 4.78 is 5.84. The molecule has 0 amide bonds. The van der Waals surface area contributed by atoms with Gasteiger partial charge >= 0.3 is 0 Å². The fraction of sp³-hybridized carbons (Fsp3) is 0.286. The Labute approximate surface area is 99.5 Å². The molecule has 2 heterocycles. The fourth-order valence-corrected chi connectivity index (χ4v) is 2.43. The molecular formula is C14H13NO2. The number of carbonyl (C=O) groups is 1. The van der Waals surface area contributed by atoms with E-state index in [1.807, 2.05) is 19.1 Å². The zero-order valence-corrected chi connectivity index (χ0v) is 9.69. The lowest BCUT2D eigenvalue weighted by Gasteiger charge is -2.07. The zero-order chi connectivity index (χ0) is 11.8. The number of ketones is 1. The third kappa shape index (κ3) is 1.58. The third-order valence-corrected chi connectivity index (χ3v) is 3.25. The van der Waals surface area contributed by atoms with Crippen LogP contribution >= 0.6 is 0 Å². The lowest BCUT2D eigenvalue weighted by atomic mass is 9.93. The van der Waals surface area contributed by atoms with Crippen LogP contribution in [0, 0.1) is 6.92 Å². The topological polar surface area (TPSA) is 43.1 Å². The molecule has 1 aliphatic carbocycles. The molecule has 0 atom stereocenters. The van der Waals surface area contributed by atoms with Gasteiger partial charge in [0.1, 0.15) is 11.5 Å². The molecular weight excluding hydrogens is 214 g/mol. The molecule has 0 fully saturated rings. The molecule has 0 saturated carbocycles. The number of aryl methyl sites for hydroxylation is 1. The lowest BCUT2D eigenvalue weighted by molar-refractivity contribution is 0.0969. The van der Waals surface area contributed by atoms with Crippen molar-refractivity contribution in [2.75, 3.05) is 0 Å². The number of Topliss-reactive ketones (excluding diaryl/α,β-unsaturated/α-hetero) is 1. The smallest absolute Gasteiger partial charge is 0.166 e. The lowest BCUT2D eigenvalue weighted by Crippen LogP contribution is -2.09. The Bertz CT molecular complexity index is 569. The van der Waals surface area contributed by atoms with Crippen molar-refractivity contribution in [3.8, 4) is 11.3 Å². The number of carbonyl (C=O) groups excluding carboxylic acids is 1. The Balaban J connectivity index is 2.17. The van der Waals surface area contributed by atoms with Crippen molar-refractivity contribution in [3.05, 3.63) is 41.4 Å². The number of fused-ring (bicyclic) bond motifs is 1. The van der Waals surface area contributed by atoms with Gasteiger partial charge in [-0.05, 0) is 25.5 Å². The van der Waals surface area contributed by atoms with E-state index in [9.17, 15) is 4.79 Å². The van der Waals surface area contributed by atoms with Crippen LogP contribution in [0.25, 0.3) is 11.3 Å². The van der Waals surface area contributed by atoms with Crippen molar-refractivity contribution >= 4 is 5.78 Å². The Morgan fingerprint density at radius 2 is 2.00 bits per heavy atom. The highest BCUT2D eigenvalue weighted by Gasteiger charge is 2.26. The van der Waals surface area contributed by atoms with Gasteiger partial charge in [-0.15, -0.1) is 0 Å². The average molecular weight is 227 g/mol. The first-order valence-corrected chi connectivity index (χ1v) is 5.83. The second-order valence-corrected chi connectivity index (χ2v) is 4.37. The monoisotopic (exact) mass is 227 g/mol. The quantitative estimate of drug-likeness (QED) is 0.751. The summed E-state index contributed by atoms with van der Waals surface area (Å²) >= 11 is 0. The number of rotatable bonds is 1. The van der Waals surface area contributed by atoms with Gasteiger partial charge in [-0.1, -0.05) is 0 Å². The van der Waals surface area contributed by atoms with E-state index in [2.05, 4.69) is 4.98 Å². The van der Waals surface area contributed by atoms with Gasteiger partial charge in [0.15, 0.2) is 5.78 Å². The summed E-state index contributed by atoms with van der Waals surface area (Å²) in [5.74, 6) is 1.88. The Hall–Kier alpha value is -1.90. The number of hydrogen-bond acceptors (Lipinski definition) is 3. The largest absolute Gasteiger partial charge is 0.460 e. The number of pyridine rings is 1. The van der Waals surface area contributed by atoms with Gasteiger partial charge in [-0.2, -0.15) is 0 Å². The summed E-state index contributed by atoms with van der Waals surface area (Å²) in [5, 5.41) is 0. The van der Waals surface area contributed by atoms with Crippen LogP contribution in [-0.4, -0.2) is 10.8 Å². The summed E-state index contributed by atoms with van der Waals surface area (Å²) in [6.07, 6.45) is 5.88. The van der Waals surface area contributed by atoms with Crippen molar-refractivity contribution in [3.63, 3.8) is 0 Å². The molecule has 0 aromatic carbocycles. The highest BCUT2D eigenvalue weighted by atomic mass is 16.3. The first-order valence-electron chi connectivity index (χ1n) is 5.83. The molecule has 3 rings (SSSR count). The highest BCUT2D eigenvalue weighted by molar-refractivity contribution is 6.00. The Morgan fingerprint density at radius 3 is 2.71 bits per heavy atom. The Kier molecular flexibility index (Phi) is 2.32. The first-order chi connectivity index (χ1) is 8.27. The second kappa shape index (κ2) is 3.84. The zero-order valence-electron chi connectivity index (χ0n) is 9.69. The molecule has 1 aliphatic rings. The molecule has 0 aliphatic heterocycles. The minimum Gasteiger partial charge on any atom is -0.460 e. The van der Waals surface area contributed by atoms with E-state index in [1.165, 1.54) is 0 Å². The number of aromatic nitrogens is 1. The van der Waals surface area contributed by atoms with Gasteiger partial charge < -0.3 is 4.42 Å². The van der Waals surface area contributed by atoms with Crippen LogP contribution in [0.4, 0.5) is 0 Å². The standard InChI is InChI=1S/C14H13NO2/c1-9-13-11(16)3-2-4-12(13)17-14(9)10-5-7-15-8-6-10/h5-8H,2-4H2,1H3. The minimum absolute atomic E-state index is 0.216. The number of nitrogens with zero attached hydrogens (tertiary/aromatic N) is 1. The average Bonchev–Trinajstić information content (AvgIpc) is 2.69. The molecule has 17 heavy (non-hydrogen) atoms. The molecule has 0 spiro atoms. The summed E-state index contributed by atoms with van der Waals surface area (Å²) in [6.45, 7) is 1.96. The van der Waals surface area contributed by atoms with Crippen molar-refractivity contribution in [2.24, 2.45) is 0 Å². The van der Waals surface area contributed by atoms with Crippen LogP contribution in [0.2, 0.25) is 0 Å². The van der Waals surface area contributed by atoms with Crippen LogP contribution < -0.4 is 0 Å². The van der Waals surface area contributed by atoms with E-state index >= 15 is 0 Å². The van der Waals surface area contributed by atoms with E-state index in [-0.39, 0.29) is 5.78 Å². The summed E-state index contributed by atoms with van der Waals surface area (Å²) in [7, 11) is 0. The molecule has 0 radical (unpaired) electrons. The highest BCUT2D eigenvalue weighted by Crippen LogP contribution is 2.34. The van der Waals surface area contributed by atoms with Gasteiger partial charge in [-0.3, -0.25) is 9.78 Å². The van der Waals surface area contributed by atoms with Crippen molar-refractivity contribution in [2.45, 2.75) is 26.2 Å². The summed E-state index contributed by atoms with van der Waals surface area (Å²) in [5.41, 5.74) is 2.76. The van der Waals surface area contributed by atoms with E-state index < -0.39 is 0 Å². The van der Waals surface area contributed by atoms with Crippen LogP contribution in [0.5, 0.6) is 0 Å². The summed E-state index contributed by atoms with van der Waals surface area (Å²) in [4.78, 5) is 15.9. The maximum atomic E-state index is 11.9. The van der Waals surface area contributed by atoms with Gasteiger partial charge in [0.05, 0.1) is 5.56 Å². The molecule has 0 saturated heterocycles. The SMILES string of the molecule is Cc1c(-c2ccncc2)oc2c1C(=O)CCC2. The maximum Gasteiger partial charge on any atom is 0.166 e. The molecule has 86 valence electrons. The Morgan fingerprint density at radius 1 is 1.24 bits per heavy atom. The fourth-order valence-electron chi connectivity index (χ4n) is 2.43. The normalized spacial score (nSPS) is 14.8. The van der Waals surface area contributed by atoms with E-state index in [4.69, 9.17) is 4.42 Å². The van der Waals surface area contributed by atoms with Gasteiger partial charge in [0.2, 0.25) is 0 Å². The first kappa shape index (κ1) is 10.3. The molecule has 3 nitrogen and oxygen atoms in total.